The van der Waals surface area contributed by atoms with Gasteiger partial charge in [0.1, 0.15) is 0 Å². The highest BCUT2D eigenvalue weighted by molar-refractivity contribution is 6.31. The summed E-state index contributed by atoms with van der Waals surface area (Å²) >= 11 is 5.91. The highest BCUT2D eigenvalue weighted by atomic mass is 35.5. The van der Waals surface area contributed by atoms with Crippen molar-refractivity contribution in [3.63, 3.8) is 0 Å². The Hall–Kier alpha value is -0.810. The highest BCUT2D eigenvalue weighted by Crippen LogP contribution is 2.17. The van der Waals surface area contributed by atoms with Gasteiger partial charge in [0, 0.05) is 12.4 Å². The second kappa shape index (κ2) is 6.21. The van der Waals surface area contributed by atoms with Crippen LogP contribution in [0, 0.1) is 5.92 Å². The molecule has 6 heteroatoms. The average Bonchev–Trinajstić information content (AvgIpc) is 2.19. The zero-order valence-corrected chi connectivity index (χ0v) is 10.1. The normalized spacial score (nSPS) is 13.7. The number of nitrogens with one attached hydrogen (secondary N) is 1. The minimum absolute atomic E-state index is 0.0808. The van der Waals surface area contributed by atoms with Gasteiger partial charge in [0.15, 0.2) is 0 Å². The van der Waals surface area contributed by atoms with E-state index >= 15 is 0 Å². The van der Waals surface area contributed by atoms with E-state index in [2.05, 4.69) is 10.3 Å². The van der Waals surface area contributed by atoms with Crippen molar-refractivity contribution in [2.75, 3.05) is 13.1 Å². The van der Waals surface area contributed by atoms with Crippen molar-refractivity contribution in [3.8, 4) is 0 Å². The lowest BCUT2D eigenvalue weighted by Gasteiger charge is -2.14. The standard InChI is InChI=1S/C11H14ClF3N2/c1-8(5-17-7-11(13,14)15)4-9-2-3-16-6-10(9)12/h2-3,6,8,17H,4-5,7H2,1H3. The Kier molecular flexibility index (Phi) is 5.21. The maximum Gasteiger partial charge on any atom is 0.401 e. The molecule has 1 aromatic heterocycles. The van der Waals surface area contributed by atoms with Gasteiger partial charge >= 0.3 is 6.18 Å². The number of halogens is 4. The summed E-state index contributed by atoms with van der Waals surface area (Å²) in [6.07, 6.45) is -0.371. The molecule has 0 saturated heterocycles. The number of rotatable bonds is 5. The summed E-state index contributed by atoms with van der Waals surface area (Å²) in [5.41, 5.74) is 0.906. The molecule has 0 radical (unpaired) electrons. The zero-order valence-electron chi connectivity index (χ0n) is 9.39. The zero-order chi connectivity index (χ0) is 12.9. The molecule has 0 spiro atoms. The molecule has 1 heterocycles. The lowest BCUT2D eigenvalue weighted by molar-refractivity contribution is -0.125. The molecule has 1 atom stereocenters. The summed E-state index contributed by atoms with van der Waals surface area (Å²) in [4.78, 5) is 3.85. The van der Waals surface area contributed by atoms with Crippen molar-refractivity contribution in [1.82, 2.24) is 10.3 Å². The van der Waals surface area contributed by atoms with Gasteiger partial charge in [0.05, 0.1) is 11.6 Å². The van der Waals surface area contributed by atoms with Crippen LogP contribution in [0.4, 0.5) is 13.2 Å². The van der Waals surface area contributed by atoms with E-state index in [1.807, 2.05) is 6.92 Å². The smallest absolute Gasteiger partial charge is 0.308 e. The summed E-state index contributed by atoms with van der Waals surface area (Å²) in [6.45, 7) is 1.22. The second-order valence-corrected chi connectivity index (χ2v) is 4.43. The number of hydrogen-bond donors (Lipinski definition) is 1. The maximum atomic E-state index is 11.9. The summed E-state index contributed by atoms with van der Waals surface area (Å²) in [5, 5.41) is 2.93. The molecule has 0 bridgehead atoms. The Balaban J connectivity index is 2.35. The Morgan fingerprint density at radius 1 is 1.47 bits per heavy atom. The first-order valence-corrected chi connectivity index (χ1v) is 5.62. The van der Waals surface area contributed by atoms with E-state index in [0.717, 1.165) is 5.56 Å². The van der Waals surface area contributed by atoms with Crippen LogP contribution in [0.5, 0.6) is 0 Å². The minimum Gasteiger partial charge on any atom is -0.308 e. The van der Waals surface area contributed by atoms with Crippen LogP contribution in [0.1, 0.15) is 12.5 Å². The first-order valence-electron chi connectivity index (χ1n) is 5.24. The third kappa shape index (κ3) is 5.89. The minimum atomic E-state index is -4.16. The third-order valence-electron chi connectivity index (χ3n) is 2.24. The fourth-order valence-corrected chi connectivity index (χ4v) is 1.67. The van der Waals surface area contributed by atoms with Gasteiger partial charge in [-0.3, -0.25) is 4.98 Å². The van der Waals surface area contributed by atoms with E-state index < -0.39 is 12.7 Å². The van der Waals surface area contributed by atoms with E-state index in [0.29, 0.717) is 18.0 Å². The summed E-state index contributed by atoms with van der Waals surface area (Å²) in [6, 6.07) is 1.78. The van der Waals surface area contributed by atoms with Gasteiger partial charge in [-0.15, -0.1) is 0 Å². The van der Waals surface area contributed by atoms with Gasteiger partial charge in [0.25, 0.3) is 0 Å². The van der Waals surface area contributed by atoms with E-state index in [1.54, 1.807) is 12.3 Å². The molecule has 2 nitrogen and oxygen atoms in total. The number of aromatic nitrogens is 1. The van der Waals surface area contributed by atoms with E-state index in [4.69, 9.17) is 11.6 Å². The van der Waals surface area contributed by atoms with Crippen molar-refractivity contribution in [2.45, 2.75) is 19.5 Å². The molecule has 0 aliphatic carbocycles. The maximum absolute atomic E-state index is 11.9. The number of nitrogens with zero attached hydrogens (tertiary/aromatic N) is 1. The van der Waals surface area contributed by atoms with Crippen LogP contribution in [0.15, 0.2) is 18.5 Å². The molecule has 1 N–H and O–H groups in total. The first kappa shape index (κ1) is 14.3. The molecular formula is C11H14ClF3N2. The monoisotopic (exact) mass is 266 g/mol. The Morgan fingerprint density at radius 3 is 2.76 bits per heavy atom. The van der Waals surface area contributed by atoms with Crippen LogP contribution < -0.4 is 5.32 Å². The molecule has 0 saturated carbocycles. The molecule has 1 aromatic rings. The van der Waals surface area contributed by atoms with Gasteiger partial charge < -0.3 is 5.32 Å². The van der Waals surface area contributed by atoms with Crippen LogP contribution in [0.25, 0.3) is 0 Å². The van der Waals surface area contributed by atoms with Crippen molar-refractivity contribution in [3.05, 3.63) is 29.0 Å². The number of pyridine rings is 1. The van der Waals surface area contributed by atoms with Gasteiger partial charge in [-0.1, -0.05) is 18.5 Å². The third-order valence-corrected chi connectivity index (χ3v) is 2.58. The van der Waals surface area contributed by atoms with E-state index in [-0.39, 0.29) is 5.92 Å². The summed E-state index contributed by atoms with van der Waals surface area (Å²) in [7, 11) is 0. The molecule has 1 rings (SSSR count). The van der Waals surface area contributed by atoms with Crippen LogP contribution in [0.3, 0.4) is 0 Å². The van der Waals surface area contributed by atoms with Crippen molar-refractivity contribution in [2.24, 2.45) is 5.92 Å². The van der Waals surface area contributed by atoms with Gasteiger partial charge in [-0.2, -0.15) is 13.2 Å². The summed E-state index contributed by atoms with van der Waals surface area (Å²) < 4.78 is 35.7. The van der Waals surface area contributed by atoms with Crippen LogP contribution >= 0.6 is 11.6 Å². The molecular weight excluding hydrogens is 253 g/mol. The molecule has 17 heavy (non-hydrogen) atoms. The Morgan fingerprint density at radius 2 is 2.18 bits per heavy atom. The largest absolute Gasteiger partial charge is 0.401 e. The van der Waals surface area contributed by atoms with Gasteiger partial charge in [-0.25, -0.2) is 0 Å². The molecule has 0 amide bonds. The predicted molar refractivity (Wildman–Crippen MR) is 61.0 cm³/mol. The van der Waals surface area contributed by atoms with Crippen molar-refractivity contribution >= 4 is 11.6 Å². The lowest BCUT2D eigenvalue weighted by Crippen LogP contribution is -2.32. The molecule has 0 aromatic carbocycles. The molecule has 0 aliphatic rings. The molecule has 1 unspecified atom stereocenters. The van der Waals surface area contributed by atoms with Crippen LogP contribution in [0.2, 0.25) is 5.02 Å². The lowest BCUT2D eigenvalue weighted by atomic mass is 10.0. The van der Waals surface area contributed by atoms with Gasteiger partial charge in [0.2, 0.25) is 0 Å². The quantitative estimate of drug-likeness (QED) is 0.886. The highest BCUT2D eigenvalue weighted by Gasteiger charge is 2.26. The average molecular weight is 267 g/mol. The second-order valence-electron chi connectivity index (χ2n) is 4.02. The van der Waals surface area contributed by atoms with Crippen LogP contribution in [-0.4, -0.2) is 24.2 Å². The number of hydrogen-bond acceptors (Lipinski definition) is 2. The Bertz CT molecular complexity index is 355. The van der Waals surface area contributed by atoms with Crippen molar-refractivity contribution in [1.29, 1.82) is 0 Å². The Labute approximate surface area is 103 Å². The molecule has 0 fully saturated rings. The first-order chi connectivity index (χ1) is 7.88. The van der Waals surface area contributed by atoms with E-state index in [9.17, 15) is 13.2 Å². The van der Waals surface area contributed by atoms with E-state index in [1.165, 1.54) is 6.20 Å². The molecule has 96 valence electrons. The fourth-order valence-electron chi connectivity index (χ4n) is 1.48. The SMILES string of the molecule is CC(CNCC(F)(F)F)Cc1ccncc1Cl. The fraction of sp³-hybridized carbons (Fsp3) is 0.545. The topological polar surface area (TPSA) is 24.9 Å². The van der Waals surface area contributed by atoms with Crippen LogP contribution in [-0.2, 0) is 6.42 Å². The molecule has 0 aliphatic heterocycles. The van der Waals surface area contributed by atoms with Gasteiger partial charge in [-0.05, 0) is 30.5 Å². The predicted octanol–water partition coefficient (Wildman–Crippen LogP) is 3.07. The van der Waals surface area contributed by atoms with Crippen molar-refractivity contribution < 1.29 is 13.2 Å². The summed E-state index contributed by atoms with van der Waals surface area (Å²) in [5.74, 6) is 0.0808. The number of alkyl halides is 3.